The van der Waals surface area contributed by atoms with Gasteiger partial charge in [-0.05, 0) is 48.0 Å². The molecule has 2 aromatic carbocycles. The number of benzene rings is 2. The molecule has 1 aliphatic heterocycles. The zero-order valence-corrected chi connectivity index (χ0v) is 18.0. The van der Waals surface area contributed by atoms with E-state index in [1.807, 2.05) is 12.1 Å². The molecule has 0 amide bonds. The van der Waals surface area contributed by atoms with Crippen LogP contribution in [-0.2, 0) is 12.7 Å². The summed E-state index contributed by atoms with van der Waals surface area (Å²) < 4.78 is 38.4. The Labute approximate surface area is 178 Å². The van der Waals surface area contributed by atoms with E-state index in [0.717, 1.165) is 82.2 Å². The van der Waals surface area contributed by atoms with Crippen molar-refractivity contribution in [3.05, 3.63) is 59.7 Å². The minimum atomic E-state index is -4.30. The van der Waals surface area contributed by atoms with Gasteiger partial charge in [0.2, 0.25) is 0 Å². The molecule has 1 saturated heterocycles. The lowest BCUT2D eigenvalue weighted by Gasteiger charge is -2.35. The Morgan fingerprint density at radius 2 is 1.47 bits per heavy atom. The molecule has 30 heavy (non-hydrogen) atoms. The first-order valence-corrected chi connectivity index (χ1v) is 10.8. The first-order chi connectivity index (χ1) is 14.4. The van der Waals surface area contributed by atoms with Crippen LogP contribution < -0.4 is 0 Å². The number of nitrogens with zero attached hydrogens (tertiary/aromatic N) is 3. The molecule has 0 saturated carbocycles. The van der Waals surface area contributed by atoms with Crippen molar-refractivity contribution >= 4 is 0 Å². The number of hydrogen-bond donors (Lipinski definition) is 0. The lowest BCUT2D eigenvalue weighted by atomic mass is 10.0. The van der Waals surface area contributed by atoms with Crippen molar-refractivity contribution in [2.45, 2.75) is 26.6 Å². The average Bonchev–Trinajstić information content (AvgIpc) is 2.75. The Balaban J connectivity index is 1.54. The van der Waals surface area contributed by atoms with E-state index in [0.29, 0.717) is 0 Å². The molecule has 0 atom stereocenters. The van der Waals surface area contributed by atoms with Gasteiger partial charge in [0.05, 0.1) is 5.56 Å². The topological polar surface area (TPSA) is 9.72 Å². The number of halogens is 3. The molecule has 0 aromatic heterocycles. The summed E-state index contributed by atoms with van der Waals surface area (Å²) in [6.45, 7) is 14.0. The number of alkyl halides is 3. The first kappa shape index (κ1) is 22.8. The zero-order valence-electron chi connectivity index (χ0n) is 18.0. The second-order valence-electron chi connectivity index (χ2n) is 7.92. The van der Waals surface area contributed by atoms with Crippen molar-refractivity contribution in [1.82, 2.24) is 14.7 Å². The smallest absolute Gasteiger partial charge is 0.303 e. The van der Waals surface area contributed by atoms with Gasteiger partial charge >= 0.3 is 6.18 Å². The number of likely N-dealkylation sites (N-methyl/N-ethyl adjacent to an activating group) is 1. The van der Waals surface area contributed by atoms with E-state index in [9.17, 15) is 13.2 Å². The highest BCUT2D eigenvalue weighted by molar-refractivity contribution is 5.64. The van der Waals surface area contributed by atoms with E-state index in [1.54, 1.807) is 12.1 Å². The summed E-state index contributed by atoms with van der Waals surface area (Å²) >= 11 is 0. The summed E-state index contributed by atoms with van der Waals surface area (Å²) in [6, 6.07) is 13.5. The van der Waals surface area contributed by atoms with Gasteiger partial charge in [0.1, 0.15) is 0 Å². The highest BCUT2D eigenvalue weighted by Gasteiger charge is 2.30. The van der Waals surface area contributed by atoms with Crippen LogP contribution >= 0.6 is 0 Å². The summed E-state index contributed by atoms with van der Waals surface area (Å²) in [6.07, 6.45) is -4.30. The molecule has 1 fully saturated rings. The Kier molecular flexibility index (Phi) is 7.92. The molecule has 0 spiro atoms. The molecule has 3 nitrogen and oxygen atoms in total. The van der Waals surface area contributed by atoms with E-state index in [2.05, 4.69) is 40.7 Å². The summed E-state index contributed by atoms with van der Waals surface area (Å²) in [5, 5.41) is 0. The zero-order chi connectivity index (χ0) is 21.6. The van der Waals surface area contributed by atoms with Crippen molar-refractivity contribution in [3.8, 4) is 11.1 Å². The Morgan fingerprint density at radius 3 is 2.07 bits per heavy atom. The van der Waals surface area contributed by atoms with Crippen LogP contribution in [0.2, 0.25) is 0 Å². The van der Waals surface area contributed by atoms with Gasteiger partial charge in [-0.15, -0.1) is 0 Å². The van der Waals surface area contributed by atoms with E-state index < -0.39 is 11.7 Å². The molecule has 1 heterocycles. The minimum Gasteiger partial charge on any atom is -0.303 e. The highest BCUT2D eigenvalue weighted by Crippen LogP contribution is 2.31. The van der Waals surface area contributed by atoms with Gasteiger partial charge in [-0.25, -0.2) is 0 Å². The molecule has 6 heteroatoms. The van der Waals surface area contributed by atoms with Crippen molar-refractivity contribution in [2.75, 3.05) is 52.4 Å². The third-order valence-electron chi connectivity index (χ3n) is 5.97. The third-order valence-corrected chi connectivity index (χ3v) is 5.97. The lowest BCUT2D eigenvalue weighted by Crippen LogP contribution is -2.48. The van der Waals surface area contributed by atoms with Crippen molar-refractivity contribution in [3.63, 3.8) is 0 Å². The van der Waals surface area contributed by atoms with Crippen LogP contribution in [0.15, 0.2) is 48.5 Å². The summed E-state index contributed by atoms with van der Waals surface area (Å²) in [5.41, 5.74) is 2.36. The lowest BCUT2D eigenvalue weighted by molar-refractivity contribution is -0.137. The molecule has 0 radical (unpaired) electrons. The van der Waals surface area contributed by atoms with Crippen molar-refractivity contribution in [2.24, 2.45) is 0 Å². The summed E-state index contributed by atoms with van der Waals surface area (Å²) in [4.78, 5) is 7.45. The summed E-state index contributed by atoms with van der Waals surface area (Å²) in [7, 11) is 0. The molecule has 164 valence electrons. The van der Waals surface area contributed by atoms with E-state index in [4.69, 9.17) is 0 Å². The van der Waals surface area contributed by atoms with Crippen LogP contribution in [0.5, 0.6) is 0 Å². The molecule has 0 aliphatic carbocycles. The Bertz CT molecular complexity index is 777. The van der Waals surface area contributed by atoms with Gasteiger partial charge < -0.3 is 4.90 Å². The molecule has 0 unspecified atom stereocenters. The van der Waals surface area contributed by atoms with Crippen LogP contribution in [-0.4, -0.2) is 67.1 Å². The number of piperazine rings is 1. The Hall–Kier alpha value is -1.89. The van der Waals surface area contributed by atoms with E-state index in [1.165, 1.54) is 5.56 Å². The molecule has 3 rings (SSSR count). The fraction of sp³-hybridized carbons (Fsp3) is 0.500. The van der Waals surface area contributed by atoms with Gasteiger partial charge in [-0.2, -0.15) is 13.2 Å². The van der Waals surface area contributed by atoms with E-state index in [-0.39, 0.29) is 0 Å². The third kappa shape index (κ3) is 6.30. The minimum absolute atomic E-state index is 0.610. The van der Waals surface area contributed by atoms with Crippen LogP contribution in [0.25, 0.3) is 11.1 Å². The molecular weight excluding hydrogens is 387 g/mol. The first-order valence-electron chi connectivity index (χ1n) is 10.8. The largest absolute Gasteiger partial charge is 0.416 e. The standard InChI is InChI=1S/C24H32F3N3/c1-3-28(4-2)12-13-29-14-16-30(17-15-29)19-20-6-5-7-22(18-20)21-8-10-23(11-9-21)24(25,26)27/h5-11,18H,3-4,12-17,19H2,1-2H3. The van der Waals surface area contributed by atoms with Crippen molar-refractivity contribution < 1.29 is 13.2 Å². The maximum Gasteiger partial charge on any atom is 0.416 e. The SMILES string of the molecule is CCN(CC)CCN1CCN(Cc2cccc(-c3ccc(C(F)(F)F)cc3)c2)CC1. The predicted molar refractivity (Wildman–Crippen MR) is 116 cm³/mol. The molecule has 0 bridgehead atoms. The van der Waals surface area contributed by atoms with Crippen LogP contribution in [0.1, 0.15) is 25.0 Å². The van der Waals surface area contributed by atoms with Gasteiger partial charge in [0.15, 0.2) is 0 Å². The van der Waals surface area contributed by atoms with Gasteiger partial charge in [-0.3, -0.25) is 9.80 Å². The maximum atomic E-state index is 12.8. The van der Waals surface area contributed by atoms with Crippen molar-refractivity contribution in [1.29, 1.82) is 0 Å². The Morgan fingerprint density at radius 1 is 0.833 bits per heavy atom. The molecule has 1 aliphatic rings. The van der Waals surface area contributed by atoms with Crippen LogP contribution in [0, 0.1) is 0 Å². The quantitative estimate of drug-likeness (QED) is 0.607. The monoisotopic (exact) mass is 419 g/mol. The van der Waals surface area contributed by atoms with Crippen LogP contribution in [0.3, 0.4) is 0 Å². The van der Waals surface area contributed by atoms with Gasteiger partial charge in [0, 0.05) is 45.8 Å². The summed E-state index contributed by atoms with van der Waals surface area (Å²) in [5.74, 6) is 0. The normalized spacial score (nSPS) is 16.3. The molecule has 0 N–H and O–H groups in total. The fourth-order valence-electron chi connectivity index (χ4n) is 3.95. The maximum absolute atomic E-state index is 12.8. The van der Waals surface area contributed by atoms with Gasteiger partial charge in [0.25, 0.3) is 0 Å². The second-order valence-corrected chi connectivity index (χ2v) is 7.92. The number of rotatable bonds is 8. The predicted octanol–water partition coefficient (Wildman–Crippen LogP) is 4.83. The molecular formula is C24H32F3N3. The second kappa shape index (κ2) is 10.4. The average molecular weight is 420 g/mol. The molecule has 2 aromatic rings. The highest BCUT2D eigenvalue weighted by atomic mass is 19.4. The van der Waals surface area contributed by atoms with Crippen LogP contribution in [0.4, 0.5) is 13.2 Å². The van der Waals surface area contributed by atoms with Gasteiger partial charge in [-0.1, -0.05) is 44.2 Å². The fourth-order valence-corrected chi connectivity index (χ4v) is 3.95. The number of hydrogen-bond acceptors (Lipinski definition) is 3. The van der Waals surface area contributed by atoms with E-state index >= 15 is 0 Å².